The Bertz CT molecular complexity index is 804. The molecule has 1 saturated heterocycles. The van der Waals surface area contributed by atoms with Gasteiger partial charge in [0.1, 0.15) is 0 Å². The van der Waals surface area contributed by atoms with E-state index in [1.165, 1.54) is 0 Å². The lowest BCUT2D eigenvalue weighted by Crippen LogP contribution is -2.43. The van der Waals surface area contributed by atoms with Crippen molar-refractivity contribution >= 4 is 33.6 Å². The Morgan fingerprint density at radius 2 is 2.10 bits per heavy atom. The van der Waals surface area contributed by atoms with Crippen molar-refractivity contribution in [3.63, 3.8) is 0 Å². The number of nitrogens with zero attached hydrogens (tertiary/aromatic N) is 3. The predicted molar refractivity (Wildman–Crippen MR) is 121 cm³/mol. The van der Waals surface area contributed by atoms with E-state index >= 15 is 0 Å². The summed E-state index contributed by atoms with van der Waals surface area (Å²) in [5, 5.41) is 7.19. The number of halogens is 1. The van der Waals surface area contributed by atoms with Gasteiger partial charge in [-0.2, -0.15) is 16.7 Å². The van der Waals surface area contributed by atoms with Gasteiger partial charge < -0.3 is 9.84 Å². The van der Waals surface area contributed by atoms with E-state index in [1.54, 1.807) is 0 Å². The number of benzene rings is 1. The summed E-state index contributed by atoms with van der Waals surface area (Å²) in [5.41, 5.74) is 0.923. The Labute approximate surface area is 185 Å². The fourth-order valence-electron chi connectivity index (χ4n) is 3.32. The summed E-state index contributed by atoms with van der Waals surface area (Å²) in [6, 6.07) is 7.83. The van der Waals surface area contributed by atoms with Crippen molar-refractivity contribution in [2.24, 2.45) is 5.92 Å². The zero-order valence-corrected chi connectivity index (χ0v) is 19.7. The van der Waals surface area contributed by atoms with Gasteiger partial charge in [0.2, 0.25) is 17.6 Å². The topological polar surface area (TPSA) is 71.3 Å². The molecule has 0 aliphatic carbocycles. The SMILES string of the molecule is CC(C)(C)SCCNC(=O)C1CCCN(Cc2nc(-c3ccc(Br)cc3)no2)C1. The van der Waals surface area contributed by atoms with E-state index in [4.69, 9.17) is 4.52 Å². The number of piperidine rings is 1. The number of rotatable bonds is 7. The molecule has 0 radical (unpaired) electrons. The van der Waals surface area contributed by atoms with Crippen LogP contribution in [0.15, 0.2) is 33.3 Å². The average molecular weight is 481 g/mol. The molecule has 1 aromatic heterocycles. The van der Waals surface area contributed by atoms with Crippen LogP contribution in [0.25, 0.3) is 11.4 Å². The molecule has 0 saturated carbocycles. The molecule has 2 heterocycles. The lowest BCUT2D eigenvalue weighted by atomic mass is 9.97. The highest BCUT2D eigenvalue weighted by atomic mass is 79.9. The Morgan fingerprint density at radius 1 is 1.34 bits per heavy atom. The van der Waals surface area contributed by atoms with Gasteiger partial charge in [0.25, 0.3) is 0 Å². The Hall–Kier alpha value is -1.38. The normalized spacial score (nSPS) is 18.0. The molecule has 1 amide bonds. The Morgan fingerprint density at radius 3 is 2.83 bits per heavy atom. The molecule has 158 valence electrons. The molecular weight excluding hydrogens is 452 g/mol. The lowest BCUT2D eigenvalue weighted by Gasteiger charge is -2.31. The maximum absolute atomic E-state index is 12.5. The van der Waals surface area contributed by atoms with Gasteiger partial charge >= 0.3 is 0 Å². The number of nitrogens with one attached hydrogen (secondary N) is 1. The van der Waals surface area contributed by atoms with E-state index in [0.29, 0.717) is 18.3 Å². The second-order valence-electron chi connectivity index (χ2n) is 8.34. The molecule has 1 aliphatic rings. The van der Waals surface area contributed by atoms with Gasteiger partial charge in [0, 0.05) is 33.6 Å². The molecule has 1 atom stereocenters. The second kappa shape index (κ2) is 10.1. The van der Waals surface area contributed by atoms with Gasteiger partial charge in [-0.1, -0.05) is 41.9 Å². The molecule has 0 spiro atoms. The van der Waals surface area contributed by atoms with Crippen LogP contribution in [0.4, 0.5) is 0 Å². The molecule has 0 bridgehead atoms. The molecule has 8 heteroatoms. The molecule has 1 unspecified atom stereocenters. The highest BCUT2D eigenvalue weighted by Gasteiger charge is 2.26. The number of carbonyl (C=O) groups is 1. The van der Waals surface area contributed by atoms with Crippen LogP contribution in [0.3, 0.4) is 0 Å². The molecule has 6 nitrogen and oxygen atoms in total. The first-order chi connectivity index (χ1) is 13.8. The van der Waals surface area contributed by atoms with Crippen molar-refractivity contribution in [2.45, 2.75) is 44.9 Å². The van der Waals surface area contributed by atoms with Crippen molar-refractivity contribution in [1.82, 2.24) is 20.4 Å². The van der Waals surface area contributed by atoms with E-state index in [2.05, 4.69) is 57.1 Å². The number of thioether (sulfide) groups is 1. The van der Waals surface area contributed by atoms with E-state index in [-0.39, 0.29) is 16.6 Å². The maximum atomic E-state index is 12.5. The fraction of sp³-hybridized carbons (Fsp3) is 0.571. The monoisotopic (exact) mass is 480 g/mol. The van der Waals surface area contributed by atoms with Crippen molar-refractivity contribution in [3.8, 4) is 11.4 Å². The van der Waals surface area contributed by atoms with Crippen molar-refractivity contribution in [2.75, 3.05) is 25.4 Å². The summed E-state index contributed by atoms with van der Waals surface area (Å²) >= 11 is 5.30. The van der Waals surface area contributed by atoms with E-state index in [1.807, 2.05) is 36.0 Å². The van der Waals surface area contributed by atoms with Gasteiger partial charge in [-0.25, -0.2) is 0 Å². The number of hydrogen-bond acceptors (Lipinski definition) is 6. The zero-order valence-electron chi connectivity index (χ0n) is 17.3. The van der Waals surface area contributed by atoms with Gasteiger partial charge in [-0.3, -0.25) is 9.69 Å². The molecule has 3 rings (SSSR count). The minimum atomic E-state index is 0.0252. The zero-order chi connectivity index (χ0) is 20.9. The van der Waals surface area contributed by atoms with Crippen molar-refractivity contribution in [3.05, 3.63) is 34.6 Å². The average Bonchev–Trinajstić information content (AvgIpc) is 3.13. The summed E-state index contributed by atoms with van der Waals surface area (Å²) in [4.78, 5) is 19.3. The smallest absolute Gasteiger partial charge is 0.241 e. The van der Waals surface area contributed by atoms with Crippen molar-refractivity contribution in [1.29, 1.82) is 0 Å². The minimum absolute atomic E-state index is 0.0252. The predicted octanol–water partition coefficient (Wildman–Crippen LogP) is 4.36. The first-order valence-corrected chi connectivity index (χ1v) is 11.8. The number of amides is 1. The standard InChI is InChI=1S/C21H29BrN4O2S/c1-21(2,3)29-12-10-23-20(27)16-5-4-11-26(13-16)14-18-24-19(25-28-18)15-6-8-17(22)9-7-15/h6-9,16H,4-5,10-14H2,1-3H3,(H,23,27). The second-order valence-corrected chi connectivity index (χ2v) is 11.2. The first-order valence-electron chi connectivity index (χ1n) is 10.0. The third-order valence-corrected chi connectivity index (χ3v) is 6.54. The summed E-state index contributed by atoms with van der Waals surface area (Å²) in [6.45, 7) is 9.55. The molecule has 1 N–H and O–H groups in total. The van der Waals surface area contributed by atoms with E-state index in [0.717, 1.165) is 48.3 Å². The molecule has 2 aromatic rings. The van der Waals surface area contributed by atoms with Crippen LogP contribution in [0, 0.1) is 5.92 Å². The highest BCUT2D eigenvalue weighted by Crippen LogP contribution is 2.23. The van der Waals surface area contributed by atoms with Crippen LogP contribution in [0.5, 0.6) is 0 Å². The van der Waals surface area contributed by atoms with E-state index < -0.39 is 0 Å². The minimum Gasteiger partial charge on any atom is -0.355 e. The van der Waals surface area contributed by atoms with Gasteiger partial charge in [-0.15, -0.1) is 0 Å². The van der Waals surface area contributed by atoms with Crippen LogP contribution >= 0.6 is 27.7 Å². The summed E-state index contributed by atoms with van der Waals surface area (Å²) in [5.74, 6) is 2.30. The molecular formula is C21H29BrN4O2S. The molecule has 29 heavy (non-hydrogen) atoms. The van der Waals surface area contributed by atoms with Crippen LogP contribution in [0.2, 0.25) is 0 Å². The van der Waals surface area contributed by atoms with E-state index in [9.17, 15) is 4.79 Å². The van der Waals surface area contributed by atoms with Crippen LogP contribution in [0.1, 0.15) is 39.5 Å². The highest BCUT2D eigenvalue weighted by molar-refractivity contribution is 9.10. The van der Waals surface area contributed by atoms with Crippen molar-refractivity contribution < 1.29 is 9.32 Å². The van der Waals surface area contributed by atoms with Crippen LogP contribution < -0.4 is 5.32 Å². The van der Waals surface area contributed by atoms with Crippen LogP contribution in [-0.2, 0) is 11.3 Å². The first kappa shape index (κ1) is 22.3. The number of hydrogen-bond donors (Lipinski definition) is 1. The quantitative estimate of drug-likeness (QED) is 0.593. The van der Waals surface area contributed by atoms with Crippen LogP contribution in [-0.4, -0.2) is 51.1 Å². The molecule has 1 aliphatic heterocycles. The largest absolute Gasteiger partial charge is 0.355 e. The number of aromatic nitrogens is 2. The fourth-order valence-corrected chi connectivity index (χ4v) is 4.40. The lowest BCUT2D eigenvalue weighted by molar-refractivity contribution is -0.126. The van der Waals surface area contributed by atoms with Gasteiger partial charge in [0.05, 0.1) is 12.5 Å². The summed E-state index contributed by atoms with van der Waals surface area (Å²) in [6.07, 6.45) is 1.94. The molecule has 1 fully saturated rings. The van der Waals surface area contributed by atoms with Gasteiger partial charge in [-0.05, 0) is 43.7 Å². The Kier molecular flexibility index (Phi) is 7.76. The third-order valence-electron chi connectivity index (χ3n) is 4.74. The maximum Gasteiger partial charge on any atom is 0.241 e. The Balaban J connectivity index is 1.48. The number of likely N-dealkylation sites (tertiary alicyclic amines) is 1. The summed E-state index contributed by atoms with van der Waals surface area (Å²) < 4.78 is 6.68. The summed E-state index contributed by atoms with van der Waals surface area (Å²) in [7, 11) is 0. The van der Waals surface area contributed by atoms with Gasteiger partial charge in [0.15, 0.2) is 0 Å². The molecule has 1 aromatic carbocycles. The third kappa shape index (κ3) is 7.12. The number of carbonyl (C=O) groups excluding carboxylic acids is 1.